The van der Waals surface area contributed by atoms with Crippen LogP contribution in [0.15, 0.2) is 67.0 Å². The summed E-state index contributed by atoms with van der Waals surface area (Å²) in [5, 5.41) is 20.2. The molecule has 5 aromatic rings. The second-order valence-corrected chi connectivity index (χ2v) is 8.70. The molecule has 174 valence electrons. The van der Waals surface area contributed by atoms with E-state index in [9.17, 15) is 4.79 Å². The summed E-state index contributed by atoms with van der Waals surface area (Å²) in [6, 6.07) is 19.8. The van der Waals surface area contributed by atoms with Gasteiger partial charge in [0, 0.05) is 23.5 Å². The minimum atomic E-state index is -0.194. The number of rotatable bonds is 5. The number of carbonyl (C=O) groups is 1. The smallest absolute Gasteiger partial charge is 0.226 e. The van der Waals surface area contributed by atoms with Gasteiger partial charge in [0.2, 0.25) is 5.91 Å². The maximum absolute atomic E-state index is 12.9. The van der Waals surface area contributed by atoms with Crippen LogP contribution in [-0.2, 0) is 11.4 Å². The van der Waals surface area contributed by atoms with Gasteiger partial charge in [0.25, 0.3) is 0 Å². The molecule has 0 saturated heterocycles. The molecule has 0 aliphatic carbocycles. The van der Waals surface area contributed by atoms with Crippen molar-refractivity contribution in [3.63, 3.8) is 0 Å². The molecule has 2 aromatic carbocycles. The largest absolute Gasteiger partial charge is 0.489 e. The SMILES string of the molecule is Cc1ccc(COc2ccccc2[C@@H]2CC(=O)Nc3c2c(C)nn3-c2ccc3nncn3n2)cc1. The van der Waals surface area contributed by atoms with Gasteiger partial charge >= 0.3 is 0 Å². The quantitative estimate of drug-likeness (QED) is 0.422. The van der Waals surface area contributed by atoms with Crippen molar-refractivity contribution >= 4 is 17.4 Å². The van der Waals surface area contributed by atoms with Gasteiger partial charge < -0.3 is 10.1 Å². The first kappa shape index (κ1) is 21.0. The fraction of sp³-hybridized carbons (Fsp3) is 0.192. The third-order valence-corrected chi connectivity index (χ3v) is 6.28. The molecule has 0 bridgehead atoms. The van der Waals surface area contributed by atoms with Crippen molar-refractivity contribution < 1.29 is 9.53 Å². The fourth-order valence-electron chi connectivity index (χ4n) is 4.56. The second-order valence-electron chi connectivity index (χ2n) is 8.70. The molecule has 35 heavy (non-hydrogen) atoms. The van der Waals surface area contributed by atoms with E-state index in [1.807, 2.05) is 43.3 Å². The van der Waals surface area contributed by atoms with E-state index in [1.165, 1.54) is 11.9 Å². The Morgan fingerprint density at radius 3 is 2.71 bits per heavy atom. The van der Waals surface area contributed by atoms with Crippen LogP contribution in [0.2, 0.25) is 0 Å². The van der Waals surface area contributed by atoms with Gasteiger partial charge in [-0.05, 0) is 37.6 Å². The van der Waals surface area contributed by atoms with E-state index < -0.39 is 0 Å². The Morgan fingerprint density at radius 2 is 1.86 bits per heavy atom. The summed E-state index contributed by atoms with van der Waals surface area (Å²) < 4.78 is 9.50. The summed E-state index contributed by atoms with van der Waals surface area (Å²) in [4.78, 5) is 12.9. The lowest BCUT2D eigenvalue weighted by Gasteiger charge is -2.26. The van der Waals surface area contributed by atoms with E-state index in [-0.39, 0.29) is 11.8 Å². The van der Waals surface area contributed by atoms with Crippen molar-refractivity contribution in [2.75, 3.05) is 5.32 Å². The molecule has 1 aliphatic rings. The van der Waals surface area contributed by atoms with Crippen LogP contribution >= 0.6 is 0 Å². The molecule has 1 atom stereocenters. The molecule has 0 fully saturated rings. The highest BCUT2D eigenvalue weighted by atomic mass is 16.5. The minimum Gasteiger partial charge on any atom is -0.489 e. The molecule has 0 radical (unpaired) electrons. The Morgan fingerprint density at radius 1 is 1.03 bits per heavy atom. The zero-order valence-corrected chi connectivity index (χ0v) is 19.3. The molecule has 1 aliphatic heterocycles. The number of nitrogens with one attached hydrogen (secondary N) is 1. The normalized spacial score (nSPS) is 15.1. The van der Waals surface area contributed by atoms with Crippen LogP contribution in [0.5, 0.6) is 5.75 Å². The number of nitrogens with zero attached hydrogens (tertiary/aromatic N) is 6. The highest BCUT2D eigenvalue weighted by Gasteiger charge is 2.34. The number of benzene rings is 2. The number of anilines is 1. The van der Waals surface area contributed by atoms with E-state index >= 15 is 0 Å². The number of aryl methyl sites for hydroxylation is 2. The molecule has 9 heteroatoms. The number of carbonyl (C=O) groups excluding carboxylic acids is 1. The van der Waals surface area contributed by atoms with Gasteiger partial charge in [0.05, 0.1) is 5.69 Å². The number of hydrogen-bond donors (Lipinski definition) is 1. The Balaban J connectivity index is 1.39. The van der Waals surface area contributed by atoms with Gasteiger partial charge in [-0.25, -0.2) is 0 Å². The van der Waals surface area contributed by atoms with E-state index in [0.29, 0.717) is 30.3 Å². The van der Waals surface area contributed by atoms with E-state index in [2.05, 4.69) is 51.8 Å². The number of fused-ring (bicyclic) bond motifs is 2. The standard InChI is InChI=1S/C26H23N7O2/c1-16-7-9-18(10-8-16)14-35-21-6-4-3-5-19(21)20-13-24(34)28-26-25(20)17(2)30-33(26)23-12-11-22-29-27-15-32(22)31-23/h3-12,15,20H,13-14H2,1-2H3,(H,28,34)/t20-/m0/s1. The molecule has 0 spiro atoms. The van der Waals surface area contributed by atoms with Gasteiger partial charge in [-0.3, -0.25) is 4.79 Å². The number of aromatic nitrogens is 6. The topological polar surface area (TPSA) is 99.2 Å². The summed E-state index contributed by atoms with van der Waals surface area (Å²) >= 11 is 0. The maximum Gasteiger partial charge on any atom is 0.226 e. The second kappa shape index (κ2) is 8.35. The molecule has 4 heterocycles. The van der Waals surface area contributed by atoms with Crippen LogP contribution < -0.4 is 10.1 Å². The first-order chi connectivity index (χ1) is 17.1. The molecular formula is C26H23N7O2. The minimum absolute atomic E-state index is 0.0811. The number of amides is 1. The van der Waals surface area contributed by atoms with Crippen molar-refractivity contribution in [3.05, 3.63) is 94.9 Å². The van der Waals surface area contributed by atoms with Crippen LogP contribution in [0, 0.1) is 13.8 Å². The van der Waals surface area contributed by atoms with Gasteiger partial charge in [-0.1, -0.05) is 48.0 Å². The first-order valence-corrected chi connectivity index (χ1v) is 11.4. The monoisotopic (exact) mass is 465 g/mol. The highest BCUT2D eigenvalue weighted by molar-refractivity contribution is 5.95. The number of hydrogen-bond acceptors (Lipinski definition) is 6. The van der Waals surface area contributed by atoms with Gasteiger partial charge in [0.1, 0.15) is 24.5 Å². The zero-order chi connectivity index (χ0) is 23.9. The Kier molecular flexibility index (Phi) is 5.02. The predicted molar refractivity (Wildman–Crippen MR) is 130 cm³/mol. The predicted octanol–water partition coefficient (Wildman–Crippen LogP) is 3.98. The third kappa shape index (κ3) is 3.80. The molecule has 9 nitrogen and oxygen atoms in total. The van der Waals surface area contributed by atoms with Crippen molar-refractivity contribution in [1.29, 1.82) is 0 Å². The lowest BCUT2D eigenvalue weighted by atomic mass is 9.85. The number of ether oxygens (including phenoxy) is 1. The van der Waals surface area contributed by atoms with Crippen molar-refractivity contribution in [3.8, 4) is 11.6 Å². The Labute approximate surface area is 201 Å². The van der Waals surface area contributed by atoms with Crippen LogP contribution in [0.4, 0.5) is 5.82 Å². The van der Waals surface area contributed by atoms with Gasteiger partial charge in [-0.15, -0.1) is 15.3 Å². The van der Waals surface area contributed by atoms with Gasteiger partial charge in [-0.2, -0.15) is 14.3 Å². The molecule has 3 aromatic heterocycles. The maximum atomic E-state index is 12.9. The zero-order valence-electron chi connectivity index (χ0n) is 19.3. The highest BCUT2D eigenvalue weighted by Crippen LogP contribution is 2.43. The van der Waals surface area contributed by atoms with Crippen molar-refractivity contribution in [2.45, 2.75) is 32.8 Å². The Hall–Kier alpha value is -4.53. The molecule has 6 rings (SSSR count). The fourth-order valence-corrected chi connectivity index (χ4v) is 4.56. The molecule has 0 unspecified atom stereocenters. The summed E-state index contributed by atoms with van der Waals surface area (Å²) in [7, 11) is 0. The van der Waals surface area contributed by atoms with Crippen molar-refractivity contribution in [1.82, 2.24) is 29.6 Å². The summed E-state index contributed by atoms with van der Waals surface area (Å²) in [6.07, 6.45) is 1.84. The van der Waals surface area contributed by atoms with Crippen LogP contribution in [0.1, 0.15) is 40.3 Å². The number of para-hydroxylation sites is 1. The van der Waals surface area contributed by atoms with Crippen LogP contribution in [0.3, 0.4) is 0 Å². The summed E-state index contributed by atoms with van der Waals surface area (Å²) in [6.45, 7) is 4.46. The molecule has 0 saturated carbocycles. The average Bonchev–Trinajstić information content (AvgIpc) is 3.47. The molecule has 1 N–H and O–H groups in total. The van der Waals surface area contributed by atoms with E-state index in [1.54, 1.807) is 9.20 Å². The average molecular weight is 466 g/mol. The molecular weight excluding hydrogens is 442 g/mol. The summed E-state index contributed by atoms with van der Waals surface area (Å²) in [5.41, 5.74) is 5.67. The molecule has 1 amide bonds. The summed E-state index contributed by atoms with van der Waals surface area (Å²) in [5.74, 6) is 1.67. The lowest BCUT2D eigenvalue weighted by molar-refractivity contribution is -0.116. The van der Waals surface area contributed by atoms with Crippen molar-refractivity contribution in [2.24, 2.45) is 0 Å². The van der Waals surface area contributed by atoms with E-state index in [0.717, 1.165) is 28.1 Å². The van der Waals surface area contributed by atoms with Crippen LogP contribution in [0.25, 0.3) is 11.5 Å². The van der Waals surface area contributed by atoms with Gasteiger partial charge in [0.15, 0.2) is 11.5 Å². The Bertz CT molecular complexity index is 1550. The first-order valence-electron chi connectivity index (χ1n) is 11.4. The third-order valence-electron chi connectivity index (χ3n) is 6.28. The van der Waals surface area contributed by atoms with Crippen LogP contribution in [-0.4, -0.2) is 35.5 Å². The lowest BCUT2D eigenvalue weighted by Crippen LogP contribution is -2.25. The van der Waals surface area contributed by atoms with E-state index in [4.69, 9.17) is 9.84 Å².